The highest BCUT2D eigenvalue weighted by Gasteiger charge is 2.21. The van der Waals surface area contributed by atoms with E-state index < -0.39 is 5.97 Å². The lowest BCUT2D eigenvalue weighted by atomic mass is 10.3. The van der Waals surface area contributed by atoms with Crippen molar-refractivity contribution in [1.82, 2.24) is 14.7 Å². The minimum Gasteiger partial charge on any atom is -0.481 e. The minimum absolute atomic E-state index is 0.00124. The second kappa shape index (κ2) is 7.92. The molecule has 0 aliphatic heterocycles. The van der Waals surface area contributed by atoms with Crippen molar-refractivity contribution in [3.8, 4) is 0 Å². The smallest absolute Gasteiger partial charge is 0.320 e. The average Bonchev–Trinajstić information content (AvgIpc) is 2.24. The van der Waals surface area contributed by atoms with Crippen molar-refractivity contribution in [3.05, 3.63) is 0 Å². The summed E-state index contributed by atoms with van der Waals surface area (Å²) >= 11 is 0. The summed E-state index contributed by atoms with van der Waals surface area (Å²) in [6.07, 6.45) is -0.0224. The number of carboxylic acids is 1. The van der Waals surface area contributed by atoms with Gasteiger partial charge in [0.25, 0.3) is 0 Å². The maximum atomic E-state index is 12.2. The van der Waals surface area contributed by atoms with Gasteiger partial charge in [-0.25, -0.2) is 4.79 Å². The Balaban J connectivity index is 4.40. The highest BCUT2D eigenvalue weighted by molar-refractivity contribution is 5.75. The second-order valence-corrected chi connectivity index (χ2v) is 4.94. The second-order valence-electron chi connectivity index (χ2n) is 4.94. The van der Waals surface area contributed by atoms with E-state index >= 15 is 0 Å². The van der Waals surface area contributed by atoms with Gasteiger partial charge in [-0.05, 0) is 27.9 Å². The lowest BCUT2D eigenvalue weighted by molar-refractivity contribution is -0.137. The monoisotopic (exact) mass is 259 g/mol. The number of likely N-dealkylation sites (N-methyl/N-ethyl adjacent to an activating group) is 2. The zero-order chi connectivity index (χ0) is 14.3. The molecule has 0 aromatic carbocycles. The normalized spacial score (nSPS) is 10.8. The van der Waals surface area contributed by atoms with Gasteiger partial charge in [-0.1, -0.05) is 0 Å². The Kier molecular flexibility index (Phi) is 7.35. The molecule has 0 radical (unpaired) electrons. The fourth-order valence-corrected chi connectivity index (χ4v) is 1.46. The maximum Gasteiger partial charge on any atom is 0.320 e. The summed E-state index contributed by atoms with van der Waals surface area (Å²) in [4.78, 5) is 27.9. The number of hydrogen-bond acceptors (Lipinski definition) is 3. The van der Waals surface area contributed by atoms with Gasteiger partial charge in [0.15, 0.2) is 0 Å². The molecule has 0 unspecified atom stereocenters. The first kappa shape index (κ1) is 16.7. The number of urea groups is 1. The molecule has 6 nitrogen and oxygen atoms in total. The summed E-state index contributed by atoms with van der Waals surface area (Å²) in [5, 5.41) is 8.68. The Morgan fingerprint density at radius 2 is 1.61 bits per heavy atom. The van der Waals surface area contributed by atoms with Crippen molar-refractivity contribution in [2.75, 3.05) is 40.8 Å². The van der Waals surface area contributed by atoms with Crippen LogP contribution in [0.2, 0.25) is 0 Å². The van der Waals surface area contributed by atoms with E-state index in [1.54, 1.807) is 16.8 Å². The zero-order valence-electron chi connectivity index (χ0n) is 12.0. The van der Waals surface area contributed by atoms with E-state index in [1.165, 1.54) is 0 Å². The van der Waals surface area contributed by atoms with E-state index in [1.807, 2.05) is 32.8 Å². The summed E-state index contributed by atoms with van der Waals surface area (Å²) < 4.78 is 0. The molecule has 0 heterocycles. The van der Waals surface area contributed by atoms with Crippen LogP contribution in [-0.2, 0) is 4.79 Å². The highest BCUT2D eigenvalue weighted by Crippen LogP contribution is 2.05. The number of nitrogens with zero attached hydrogens (tertiary/aromatic N) is 3. The van der Waals surface area contributed by atoms with Gasteiger partial charge in [-0.15, -0.1) is 0 Å². The van der Waals surface area contributed by atoms with Gasteiger partial charge in [0, 0.05) is 32.7 Å². The van der Waals surface area contributed by atoms with Crippen molar-refractivity contribution in [2.24, 2.45) is 0 Å². The first-order valence-electron chi connectivity index (χ1n) is 6.14. The molecule has 0 rings (SSSR count). The molecule has 0 saturated carbocycles. The Hall–Kier alpha value is -1.30. The number of amides is 2. The van der Waals surface area contributed by atoms with Crippen LogP contribution < -0.4 is 0 Å². The molecule has 0 saturated heterocycles. The third-order valence-electron chi connectivity index (χ3n) is 2.64. The van der Waals surface area contributed by atoms with Gasteiger partial charge in [0.2, 0.25) is 0 Å². The molecule has 2 amide bonds. The molecule has 18 heavy (non-hydrogen) atoms. The molecular formula is C12H25N3O3. The lowest BCUT2D eigenvalue weighted by Gasteiger charge is -2.31. The quantitative estimate of drug-likeness (QED) is 0.734. The van der Waals surface area contributed by atoms with Crippen LogP contribution in [0.1, 0.15) is 20.3 Å². The number of aliphatic carboxylic acids is 1. The number of carbonyl (C=O) groups is 2. The molecule has 0 atom stereocenters. The van der Waals surface area contributed by atoms with E-state index in [0.29, 0.717) is 6.54 Å². The highest BCUT2D eigenvalue weighted by atomic mass is 16.4. The fraction of sp³-hybridized carbons (Fsp3) is 0.833. The van der Waals surface area contributed by atoms with Crippen LogP contribution >= 0.6 is 0 Å². The molecular weight excluding hydrogens is 234 g/mol. The van der Waals surface area contributed by atoms with Gasteiger partial charge in [-0.2, -0.15) is 0 Å². The third kappa shape index (κ3) is 6.44. The topological polar surface area (TPSA) is 64.1 Å². The van der Waals surface area contributed by atoms with E-state index in [2.05, 4.69) is 0 Å². The Bertz CT molecular complexity index is 280. The van der Waals surface area contributed by atoms with Gasteiger partial charge >= 0.3 is 12.0 Å². The van der Waals surface area contributed by atoms with Crippen molar-refractivity contribution in [2.45, 2.75) is 26.3 Å². The van der Waals surface area contributed by atoms with Gasteiger partial charge in [-0.3, -0.25) is 4.79 Å². The van der Waals surface area contributed by atoms with Crippen LogP contribution in [0.3, 0.4) is 0 Å². The standard InChI is InChI=1S/C12H25N3O3/c1-10(2)15(7-6-11(16)17)12(18)14(5)9-8-13(3)4/h10H,6-9H2,1-5H3,(H,16,17). The summed E-state index contributed by atoms with van der Waals surface area (Å²) in [7, 11) is 5.63. The third-order valence-corrected chi connectivity index (χ3v) is 2.64. The zero-order valence-corrected chi connectivity index (χ0v) is 12.0. The van der Waals surface area contributed by atoms with Gasteiger partial charge < -0.3 is 19.8 Å². The fourth-order valence-electron chi connectivity index (χ4n) is 1.46. The first-order chi connectivity index (χ1) is 8.25. The predicted molar refractivity (Wildman–Crippen MR) is 70.7 cm³/mol. The molecule has 106 valence electrons. The predicted octanol–water partition coefficient (Wildman–Crippen LogP) is 0.785. The van der Waals surface area contributed by atoms with Gasteiger partial charge in [0.05, 0.1) is 6.42 Å². The molecule has 0 aliphatic rings. The van der Waals surface area contributed by atoms with Crippen LogP contribution in [0.5, 0.6) is 0 Å². The number of rotatable bonds is 7. The Morgan fingerprint density at radius 1 is 1.06 bits per heavy atom. The van der Waals surface area contributed by atoms with E-state index in [4.69, 9.17) is 5.11 Å². The molecule has 0 aromatic heterocycles. The van der Waals surface area contributed by atoms with Crippen LogP contribution in [0.25, 0.3) is 0 Å². The van der Waals surface area contributed by atoms with Gasteiger partial charge in [0.1, 0.15) is 0 Å². The summed E-state index contributed by atoms with van der Waals surface area (Å²) in [6, 6.07) is -0.119. The number of carbonyl (C=O) groups excluding carboxylic acids is 1. The molecule has 0 spiro atoms. The molecule has 0 bridgehead atoms. The van der Waals surface area contributed by atoms with Crippen molar-refractivity contribution >= 4 is 12.0 Å². The molecule has 0 aliphatic carbocycles. The van der Waals surface area contributed by atoms with Crippen LogP contribution in [0, 0.1) is 0 Å². The first-order valence-corrected chi connectivity index (χ1v) is 6.14. The summed E-state index contributed by atoms with van der Waals surface area (Å²) in [5.74, 6) is -0.885. The van der Waals surface area contributed by atoms with Crippen molar-refractivity contribution in [1.29, 1.82) is 0 Å². The largest absolute Gasteiger partial charge is 0.481 e. The van der Waals surface area contributed by atoms with Crippen LogP contribution in [-0.4, -0.2) is 78.6 Å². The number of hydrogen-bond donors (Lipinski definition) is 1. The molecule has 0 fully saturated rings. The summed E-state index contributed by atoms with van der Waals surface area (Å²) in [5.41, 5.74) is 0. The van der Waals surface area contributed by atoms with E-state index in [0.717, 1.165) is 6.54 Å². The lowest BCUT2D eigenvalue weighted by Crippen LogP contribution is -2.47. The van der Waals surface area contributed by atoms with E-state index in [9.17, 15) is 9.59 Å². The van der Waals surface area contributed by atoms with Crippen molar-refractivity contribution < 1.29 is 14.7 Å². The Morgan fingerprint density at radius 3 is 2.00 bits per heavy atom. The average molecular weight is 259 g/mol. The molecule has 6 heteroatoms. The molecule has 1 N–H and O–H groups in total. The minimum atomic E-state index is -0.885. The van der Waals surface area contributed by atoms with Crippen LogP contribution in [0.4, 0.5) is 4.79 Å². The number of carboxylic acid groups (broad SMARTS) is 1. The Labute approximate surface area is 109 Å². The SMILES string of the molecule is CC(C)N(CCC(=O)O)C(=O)N(C)CCN(C)C. The van der Waals surface area contributed by atoms with E-state index in [-0.39, 0.29) is 25.0 Å². The molecule has 0 aromatic rings. The maximum absolute atomic E-state index is 12.2. The summed E-state index contributed by atoms with van der Waals surface area (Å²) in [6.45, 7) is 5.44. The van der Waals surface area contributed by atoms with Crippen LogP contribution in [0.15, 0.2) is 0 Å². The van der Waals surface area contributed by atoms with Crippen molar-refractivity contribution in [3.63, 3.8) is 0 Å².